The van der Waals surface area contributed by atoms with Gasteiger partial charge in [-0.05, 0) is 63.2 Å². The average molecular weight is 270 g/mol. The van der Waals surface area contributed by atoms with Crippen LogP contribution in [0.25, 0.3) is 6.08 Å². The Hall–Kier alpha value is -1.12. The highest BCUT2D eigenvalue weighted by atomic mass is 15.0. The van der Waals surface area contributed by atoms with Gasteiger partial charge in [-0.15, -0.1) is 0 Å². The third-order valence-corrected chi connectivity index (χ3v) is 4.88. The summed E-state index contributed by atoms with van der Waals surface area (Å²) in [6.07, 6.45) is 8.58. The van der Waals surface area contributed by atoms with Gasteiger partial charge in [0.2, 0.25) is 0 Å². The van der Waals surface area contributed by atoms with E-state index in [1.165, 1.54) is 44.5 Å². The molecule has 2 fully saturated rings. The molecule has 2 atom stereocenters. The van der Waals surface area contributed by atoms with E-state index < -0.39 is 0 Å². The third kappa shape index (κ3) is 3.50. The lowest BCUT2D eigenvalue weighted by Gasteiger charge is -2.25. The number of benzene rings is 1. The Morgan fingerprint density at radius 1 is 1.25 bits per heavy atom. The van der Waals surface area contributed by atoms with E-state index >= 15 is 0 Å². The second-order valence-corrected chi connectivity index (χ2v) is 6.57. The molecule has 3 rings (SSSR count). The fraction of sp³-hybridized carbons (Fsp3) is 0.556. The predicted octanol–water partition coefficient (Wildman–Crippen LogP) is 3.07. The fourth-order valence-corrected chi connectivity index (χ4v) is 3.14. The average Bonchev–Trinajstić information content (AvgIpc) is 3.16. The summed E-state index contributed by atoms with van der Waals surface area (Å²) >= 11 is 0. The van der Waals surface area contributed by atoms with E-state index in [1.807, 2.05) is 0 Å². The predicted molar refractivity (Wildman–Crippen MR) is 85.6 cm³/mol. The van der Waals surface area contributed by atoms with Crippen molar-refractivity contribution < 1.29 is 0 Å². The summed E-state index contributed by atoms with van der Waals surface area (Å²) in [6, 6.07) is 10.6. The lowest BCUT2D eigenvalue weighted by molar-refractivity contribution is 0.336. The van der Waals surface area contributed by atoms with Crippen molar-refractivity contribution in [2.75, 3.05) is 19.6 Å². The first-order valence-electron chi connectivity index (χ1n) is 7.95. The van der Waals surface area contributed by atoms with E-state index in [0.29, 0.717) is 11.5 Å². The summed E-state index contributed by atoms with van der Waals surface area (Å²) in [5, 5.41) is 7.25. The molecule has 1 saturated carbocycles. The SMILES string of the molecule is CC1(NCC2CCNCC2)CC1/C=C/c1ccccc1. The minimum atomic E-state index is 0.343. The monoisotopic (exact) mass is 270 g/mol. The summed E-state index contributed by atoms with van der Waals surface area (Å²) < 4.78 is 0. The van der Waals surface area contributed by atoms with E-state index in [1.54, 1.807) is 0 Å². The summed E-state index contributed by atoms with van der Waals surface area (Å²) in [4.78, 5) is 0. The Morgan fingerprint density at radius 3 is 2.75 bits per heavy atom. The lowest BCUT2D eigenvalue weighted by Crippen LogP contribution is -2.38. The highest BCUT2D eigenvalue weighted by Gasteiger charge is 2.47. The lowest BCUT2D eigenvalue weighted by atomic mass is 9.97. The largest absolute Gasteiger partial charge is 0.317 e. The minimum Gasteiger partial charge on any atom is -0.317 e. The standard InChI is InChI=1S/C18H26N2/c1-18(20-14-16-9-11-19-12-10-16)13-17(18)8-7-15-5-3-2-4-6-15/h2-8,16-17,19-20H,9-14H2,1H3/b8-7+. The van der Waals surface area contributed by atoms with E-state index in [0.717, 1.165) is 5.92 Å². The molecule has 0 spiro atoms. The molecule has 108 valence electrons. The number of rotatable bonds is 5. The van der Waals surface area contributed by atoms with Crippen LogP contribution in [0.15, 0.2) is 36.4 Å². The maximum Gasteiger partial charge on any atom is 0.0223 e. The quantitative estimate of drug-likeness (QED) is 0.859. The van der Waals surface area contributed by atoms with Crippen molar-refractivity contribution in [1.29, 1.82) is 0 Å². The van der Waals surface area contributed by atoms with E-state index in [9.17, 15) is 0 Å². The van der Waals surface area contributed by atoms with Gasteiger partial charge in [-0.25, -0.2) is 0 Å². The topological polar surface area (TPSA) is 24.1 Å². The van der Waals surface area contributed by atoms with Gasteiger partial charge in [0.1, 0.15) is 0 Å². The first-order chi connectivity index (χ1) is 9.76. The zero-order valence-corrected chi connectivity index (χ0v) is 12.4. The van der Waals surface area contributed by atoms with Crippen LogP contribution in [0, 0.1) is 11.8 Å². The van der Waals surface area contributed by atoms with Crippen LogP contribution in [0.1, 0.15) is 31.7 Å². The normalized spacial score (nSPS) is 30.8. The molecule has 0 radical (unpaired) electrons. The van der Waals surface area contributed by atoms with Gasteiger partial charge in [-0.3, -0.25) is 0 Å². The molecule has 20 heavy (non-hydrogen) atoms. The molecule has 2 nitrogen and oxygen atoms in total. The van der Waals surface area contributed by atoms with Gasteiger partial charge in [0, 0.05) is 5.54 Å². The van der Waals surface area contributed by atoms with E-state index in [-0.39, 0.29) is 0 Å². The number of hydrogen-bond donors (Lipinski definition) is 2. The van der Waals surface area contributed by atoms with Gasteiger partial charge in [-0.2, -0.15) is 0 Å². The molecule has 1 aromatic rings. The van der Waals surface area contributed by atoms with Crippen LogP contribution in [0.4, 0.5) is 0 Å². The Balaban J connectivity index is 1.46. The molecule has 2 unspecified atom stereocenters. The first-order valence-corrected chi connectivity index (χ1v) is 7.95. The first kappa shape index (κ1) is 13.8. The third-order valence-electron chi connectivity index (χ3n) is 4.88. The van der Waals surface area contributed by atoms with Crippen LogP contribution in [-0.4, -0.2) is 25.2 Å². The maximum atomic E-state index is 3.81. The molecular formula is C18H26N2. The molecule has 0 amide bonds. The van der Waals surface area contributed by atoms with Crippen molar-refractivity contribution in [2.24, 2.45) is 11.8 Å². The molecule has 2 N–H and O–H groups in total. The number of nitrogens with one attached hydrogen (secondary N) is 2. The number of hydrogen-bond acceptors (Lipinski definition) is 2. The van der Waals surface area contributed by atoms with Crippen LogP contribution < -0.4 is 10.6 Å². The van der Waals surface area contributed by atoms with Gasteiger partial charge >= 0.3 is 0 Å². The van der Waals surface area contributed by atoms with Crippen molar-refractivity contribution in [1.82, 2.24) is 10.6 Å². The van der Waals surface area contributed by atoms with Gasteiger partial charge in [0.25, 0.3) is 0 Å². The van der Waals surface area contributed by atoms with Crippen molar-refractivity contribution >= 4 is 6.08 Å². The van der Waals surface area contributed by atoms with Crippen LogP contribution in [-0.2, 0) is 0 Å². The summed E-state index contributed by atoms with van der Waals surface area (Å²) in [5.74, 6) is 1.57. The maximum absolute atomic E-state index is 3.81. The Labute approximate surface area is 122 Å². The molecule has 1 heterocycles. The zero-order chi connectivity index (χ0) is 13.8. The summed E-state index contributed by atoms with van der Waals surface area (Å²) in [5.41, 5.74) is 1.65. The Morgan fingerprint density at radius 2 is 2.00 bits per heavy atom. The van der Waals surface area contributed by atoms with Crippen molar-refractivity contribution in [3.8, 4) is 0 Å². The molecule has 0 aromatic heterocycles. The van der Waals surface area contributed by atoms with E-state index in [2.05, 4.69) is 60.0 Å². The van der Waals surface area contributed by atoms with Gasteiger partial charge in [0.15, 0.2) is 0 Å². The van der Waals surface area contributed by atoms with Crippen LogP contribution >= 0.6 is 0 Å². The van der Waals surface area contributed by atoms with Crippen LogP contribution in [0.5, 0.6) is 0 Å². The molecular weight excluding hydrogens is 244 g/mol. The Kier molecular flexibility index (Phi) is 4.23. The highest BCUT2D eigenvalue weighted by Crippen LogP contribution is 2.44. The zero-order valence-electron chi connectivity index (χ0n) is 12.4. The van der Waals surface area contributed by atoms with Crippen LogP contribution in [0.2, 0.25) is 0 Å². The van der Waals surface area contributed by atoms with Crippen molar-refractivity contribution in [3.05, 3.63) is 42.0 Å². The molecule has 2 aliphatic rings. The molecule has 1 aliphatic carbocycles. The summed E-state index contributed by atoms with van der Waals surface area (Å²) in [6.45, 7) is 5.95. The molecule has 0 bridgehead atoms. The smallest absolute Gasteiger partial charge is 0.0223 e. The van der Waals surface area contributed by atoms with Gasteiger partial charge in [0.05, 0.1) is 0 Å². The highest BCUT2D eigenvalue weighted by molar-refractivity contribution is 5.50. The Bertz CT molecular complexity index is 448. The van der Waals surface area contributed by atoms with Gasteiger partial charge < -0.3 is 10.6 Å². The fourth-order valence-electron chi connectivity index (χ4n) is 3.14. The second kappa shape index (κ2) is 6.11. The number of piperidine rings is 1. The second-order valence-electron chi connectivity index (χ2n) is 6.57. The molecule has 1 saturated heterocycles. The van der Waals surface area contributed by atoms with Crippen LogP contribution in [0.3, 0.4) is 0 Å². The van der Waals surface area contributed by atoms with Gasteiger partial charge in [-0.1, -0.05) is 42.5 Å². The van der Waals surface area contributed by atoms with E-state index in [4.69, 9.17) is 0 Å². The van der Waals surface area contributed by atoms with Crippen molar-refractivity contribution in [3.63, 3.8) is 0 Å². The minimum absolute atomic E-state index is 0.343. The molecule has 2 heteroatoms. The molecule has 1 aliphatic heterocycles. The molecule has 1 aromatic carbocycles. The van der Waals surface area contributed by atoms with Crippen molar-refractivity contribution in [2.45, 2.75) is 31.7 Å². The summed E-state index contributed by atoms with van der Waals surface area (Å²) in [7, 11) is 0.